The smallest absolute Gasteiger partial charge is 0.417 e. The summed E-state index contributed by atoms with van der Waals surface area (Å²) in [5, 5.41) is -0.201. The maximum absolute atomic E-state index is 14.5. The van der Waals surface area contributed by atoms with Crippen LogP contribution in [-0.2, 0) is 4.74 Å². The van der Waals surface area contributed by atoms with Crippen molar-refractivity contribution in [2.45, 2.75) is 37.6 Å². The number of benzene rings is 1. The maximum Gasteiger partial charge on any atom is 0.417 e. The first-order valence-electron chi connectivity index (χ1n) is 9.91. The molecule has 2 N–H and O–H groups in total. The van der Waals surface area contributed by atoms with Gasteiger partial charge >= 0.3 is 6.18 Å². The minimum atomic E-state index is -4.82. The van der Waals surface area contributed by atoms with E-state index in [0.717, 1.165) is 32.2 Å². The van der Waals surface area contributed by atoms with E-state index in [1.54, 1.807) is 0 Å². The number of methoxy groups -OCH3 is 1. The number of halogens is 5. The number of nitrogens with one attached hydrogen (secondary N) is 2. The van der Waals surface area contributed by atoms with Gasteiger partial charge in [0.25, 0.3) is 5.56 Å². The van der Waals surface area contributed by atoms with Gasteiger partial charge in [-0.3, -0.25) is 9.59 Å². The summed E-state index contributed by atoms with van der Waals surface area (Å²) in [7, 11) is 1.07. The van der Waals surface area contributed by atoms with E-state index in [1.807, 2.05) is 0 Å². The Morgan fingerprint density at radius 1 is 1.15 bits per heavy atom. The predicted octanol–water partition coefficient (Wildman–Crippen LogP) is 4.32. The van der Waals surface area contributed by atoms with E-state index in [2.05, 4.69) is 9.97 Å². The SMILES string of the molecule is COc1c([C@H]2[C@H](c3cc(=O)c4c(=O)[nH]ccc4[nH]3)O[C@@](C)(C(F)(F)F)[C@H]2C)ccc(F)c1F. The van der Waals surface area contributed by atoms with Crippen molar-refractivity contribution in [2.24, 2.45) is 5.92 Å². The highest BCUT2D eigenvalue weighted by atomic mass is 19.4. The summed E-state index contributed by atoms with van der Waals surface area (Å²) >= 11 is 0. The Morgan fingerprint density at radius 3 is 2.48 bits per heavy atom. The first-order valence-corrected chi connectivity index (χ1v) is 9.91. The van der Waals surface area contributed by atoms with Gasteiger partial charge in [-0.2, -0.15) is 17.6 Å². The normalized spacial score (nSPS) is 25.5. The number of rotatable bonds is 3. The number of fused-ring (bicyclic) bond motifs is 1. The number of hydrogen-bond acceptors (Lipinski definition) is 4. The molecule has 1 aromatic carbocycles. The Balaban J connectivity index is 1.98. The molecule has 3 heterocycles. The summed E-state index contributed by atoms with van der Waals surface area (Å²) in [5.74, 6) is -5.60. The van der Waals surface area contributed by atoms with Crippen molar-refractivity contribution >= 4 is 10.9 Å². The highest BCUT2D eigenvalue weighted by molar-refractivity contribution is 5.77. The van der Waals surface area contributed by atoms with E-state index in [0.29, 0.717) is 0 Å². The van der Waals surface area contributed by atoms with Crippen LogP contribution in [0.1, 0.15) is 37.1 Å². The molecule has 0 amide bonds. The van der Waals surface area contributed by atoms with Crippen molar-refractivity contribution in [3.8, 4) is 5.75 Å². The Bertz CT molecular complexity index is 1350. The second-order valence-corrected chi connectivity index (χ2v) is 8.13. The molecule has 4 rings (SSSR count). The number of hydrogen-bond donors (Lipinski definition) is 2. The zero-order valence-electron chi connectivity index (χ0n) is 17.6. The molecule has 0 unspecified atom stereocenters. The predicted molar refractivity (Wildman–Crippen MR) is 108 cm³/mol. The lowest BCUT2D eigenvalue weighted by Gasteiger charge is -2.32. The Hall–Kier alpha value is -3.21. The van der Waals surface area contributed by atoms with Crippen LogP contribution in [0.3, 0.4) is 0 Å². The minimum absolute atomic E-state index is 0.0466. The van der Waals surface area contributed by atoms with Gasteiger partial charge in [-0.15, -0.1) is 0 Å². The molecule has 1 saturated heterocycles. The van der Waals surface area contributed by atoms with Crippen LogP contribution in [0.5, 0.6) is 5.75 Å². The molecular formula is C22H19F5N2O4. The van der Waals surface area contributed by atoms with Crippen LogP contribution in [0.25, 0.3) is 10.9 Å². The highest BCUT2D eigenvalue weighted by Crippen LogP contribution is 2.59. The van der Waals surface area contributed by atoms with Crippen molar-refractivity contribution < 1.29 is 31.4 Å². The lowest BCUT2D eigenvalue weighted by molar-refractivity contribution is -0.275. The van der Waals surface area contributed by atoms with Crippen LogP contribution in [0, 0.1) is 17.6 Å². The van der Waals surface area contributed by atoms with Crippen LogP contribution in [0.4, 0.5) is 22.0 Å². The molecule has 3 aromatic rings. The molecule has 0 saturated carbocycles. The molecule has 0 aliphatic carbocycles. The summed E-state index contributed by atoms with van der Waals surface area (Å²) in [6.07, 6.45) is -4.96. The molecule has 1 aliphatic rings. The van der Waals surface area contributed by atoms with Crippen LogP contribution in [0.2, 0.25) is 0 Å². The monoisotopic (exact) mass is 470 g/mol. The third-order valence-corrected chi connectivity index (χ3v) is 6.39. The fourth-order valence-corrected chi connectivity index (χ4v) is 4.47. The van der Waals surface area contributed by atoms with Crippen molar-refractivity contribution in [3.63, 3.8) is 0 Å². The van der Waals surface area contributed by atoms with Gasteiger partial charge in [0.05, 0.1) is 12.6 Å². The number of H-pyrrole nitrogens is 2. The summed E-state index contributed by atoms with van der Waals surface area (Å²) < 4.78 is 81.0. The molecule has 2 aromatic heterocycles. The first kappa shape index (κ1) is 23.0. The molecular weight excluding hydrogens is 451 g/mol. The molecule has 33 heavy (non-hydrogen) atoms. The van der Waals surface area contributed by atoms with Gasteiger partial charge in [-0.1, -0.05) is 13.0 Å². The second-order valence-electron chi connectivity index (χ2n) is 8.13. The van der Waals surface area contributed by atoms with Crippen LogP contribution >= 0.6 is 0 Å². The highest BCUT2D eigenvalue weighted by Gasteiger charge is 2.65. The molecule has 4 atom stereocenters. The summed E-state index contributed by atoms with van der Waals surface area (Å²) in [4.78, 5) is 29.8. The summed E-state index contributed by atoms with van der Waals surface area (Å²) in [6, 6.07) is 4.30. The van der Waals surface area contributed by atoms with Gasteiger partial charge in [0.2, 0.25) is 5.82 Å². The third-order valence-electron chi connectivity index (χ3n) is 6.39. The van der Waals surface area contributed by atoms with Crippen molar-refractivity contribution in [1.82, 2.24) is 9.97 Å². The maximum atomic E-state index is 14.5. The van der Waals surface area contributed by atoms with E-state index in [-0.39, 0.29) is 22.2 Å². The van der Waals surface area contributed by atoms with E-state index >= 15 is 0 Å². The van der Waals surface area contributed by atoms with E-state index in [9.17, 15) is 31.5 Å². The fraction of sp³-hybridized carbons (Fsp3) is 0.364. The summed E-state index contributed by atoms with van der Waals surface area (Å²) in [6.45, 7) is 2.14. The second kappa shape index (κ2) is 7.68. The molecule has 176 valence electrons. The average Bonchev–Trinajstić information content (AvgIpc) is 3.02. The Labute approximate surface area is 183 Å². The average molecular weight is 470 g/mol. The van der Waals surface area contributed by atoms with Gasteiger partial charge in [-0.25, -0.2) is 4.39 Å². The lowest BCUT2D eigenvalue weighted by Crippen LogP contribution is -2.46. The van der Waals surface area contributed by atoms with Crippen LogP contribution in [0.15, 0.2) is 40.1 Å². The minimum Gasteiger partial charge on any atom is -0.493 e. The zero-order chi connectivity index (χ0) is 24.3. The first-order chi connectivity index (χ1) is 15.4. The molecule has 0 bridgehead atoms. The standard InChI is InChI=1S/C22H19F5N2O4/c1-9-15(10-4-5-11(23)17(24)18(10)32-3)19(33-21(9,2)22(25,26)27)13-8-14(30)16-12(29-13)6-7-28-20(16)31/h4-9,15,19H,1-3H3,(H,28,31)(H,29,30)/t9-,15-,19-,21+/m0/s1. The molecule has 1 fully saturated rings. The molecule has 6 nitrogen and oxygen atoms in total. The number of ether oxygens (including phenoxy) is 2. The fourth-order valence-electron chi connectivity index (χ4n) is 4.47. The number of alkyl halides is 3. The van der Waals surface area contributed by atoms with Gasteiger partial charge in [0, 0.05) is 35.4 Å². The van der Waals surface area contributed by atoms with Crippen LogP contribution < -0.4 is 15.7 Å². The molecule has 11 heteroatoms. The number of aromatic amines is 2. The quantitative estimate of drug-likeness (QED) is 0.559. The topological polar surface area (TPSA) is 84.2 Å². The van der Waals surface area contributed by atoms with Gasteiger partial charge in [-0.05, 0) is 19.1 Å². The van der Waals surface area contributed by atoms with E-state index in [4.69, 9.17) is 9.47 Å². The van der Waals surface area contributed by atoms with E-state index < -0.39 is 58.1 Å². The molecule has 0 radical (unpaired) electrons. The van der Waals surface area contributed by atoms with Crippen LogP contribution in [-0.4, -0.2) is 28.9 Å². The molecule has 0 spiro atoms. The summed E-state index contributed by atoms with van der Waals surface area (Å²) in [5.41, 5.74) is -4.08. The molecule has 1 aliphatic heterocycles. The van der Waals surface area contributed by atoms with Gasteiger partial charge in [0.15, 0.2) is 22.6 Å². The van der Waals surface area contributed by atoms with E-state index in [1.165, 1.54) is 19.2 Å². The number of pyridine rings is 2. The lowest BCUT2D eigenvalue weighted by atomic mass is 9.76. The van der Waals surface area contributed by atoms with Crippen molar-refractivity contribution in [3.05, 3.63) is 73.9 Å². The Morgan fingerprint density at radius 2 is 1.85 bits per heavy atom. The number of aromatic nitrogens is 2. The third kappa shape index (κ3) is 3.41. The van der Waals surface area contributed by atoms with Gasteiger partial charge < -0.3 is 19.4 Å². The van der Waals surface area contributed by atoms with Crippen molar-refractivity contribution in [2.75, 3.05) is 7.11 Å². The van der Waals surface area contributed by atoms with Crippen molar-refractivity contribution in [1.29, 1.82) is 0 Å². The zero-order valence-corrected chi connectivity index (χ0v) is 17.6. The Kier molecular flexibility index (Phi) is 5.35. The van der Waals surface area contributed by atoms with Gasteiger partial charge in [0.1, 0.15) is 11.5 Å². The largest absolute Gasteiger partial charge is 0.493 e.